The summed E-state index contributed by atoms with van der Waals surface area (Å²) >= 11 is 0. The van der Waals surface area contributed by atoms with Crippen LogP contribution in [0.15, 0.2) is 52.9 Å². The molecule has 0 fully saturated rings. The zero-order valence-corrected chi connectivity index (χ0v) is 11.6. The molecule has 5 heteroatoms. The molecule has 0 unspecified atom stereocenters. The van der Waals surface area contributed by atoms with Crippen LogP contribution in [0.4, 0.5) is 11.7 Å². The minimum atomic E-state index is 0.0354. The van der Waals surface area contributed by atoms with E-state index in [4.69, 9.17) is 10.2 Å². The van der Waals surface area contributed by atoms with Crippen molar-refractivity contribution in [2.75, 3.05) is 23.8 Å². The van der Waals surface area contributed by atoms with Crippen molar-refractivity contribution < 1.29 is 9.52 Å². The van der Waals surface area contributed by atoms with Crippen molar-refractivity contribution in [3.05, 3.63) is 54.1 Å². The molecule has 1 aromatic heterocycles. The number of rotatable bonds is 5. The standard InChI is InChI=1S/C16H17N3O2/c17-13-6-7-14-15(10-13)21-16(18-14)19(8-9-20)11-12-4-2-1-3-5-12/h1-7,10,20H,8-9,11,17H2. The summed E-state index contributed by atoms with van der Waals surface area (Å²) in [5.74, 6) is 0. The maximum Gasteiger partial charge on any atom is 0.298 e. The van der Waals surface area contributed by atoms with E-state index in [1.54, 1.807) is 12.1 Å². The van der Waals surface area contributed by atoms with Crippen molar-refractivity contribution in [3.8, 4) is 0 Å². The fourth-order valence-electron chi connectivity index (χ4n) is 2.23. The zero-order chi connectivity index (χ0) is 14.7. The van der Waals surface area contributed by atoms with Crippen LogP contribution in [0.2, 0.25) is 0 Å². The van der Waals surface area contributed by atoms with Crippen molar-refractivity contribution in [2.45, 2.75) is 6.54 Å². The number of aliphatic hydroxyl groups is 1. The average molecular weight is 283 g/mol. The molecule has 5 nitrogen and oxygen atoms in total. The Balaban J connectivity index is 1.91. The van der Waals surface area contributed by atoms with Gasteiger partial charge in [-0.25, -0.2) is 0 Å². The highest BCUT2D eigenvalue weighted by atomic mass is 16.4. The summed E-state index contributed by atoms with van der Waals surface area (Å²) in [7, 11) is 0. The van der Waals surface area contributed by atoms with E-state index in [9.17, 15) is 5.11 Å². The van der Waals surface area contributed by atoms with Gasteiger partial charge in [-0.1, -0.05) is 30.3 Å². The molecule has 0 bridgehead atoms. The van der Waals surface area contributed by atoms with Crippen LogP contribution < -0.4 is 10.6 Å². The molecule has 0 atom stereocenters. The summed E-state index contributed by atoms with van der Waals surface area (Å²) in [6.45, 7) is 1.12. The number of nitrogens with two attached hydrogens (primary N) is 1. The van der Waals surface area contributed by atoms with Gasteiger partial charge in [-0.2, -0.15) is 4.98 Å². The molecule has 2 aromatic carbocycles. The molecule has 0 amide bonds. The molecule has 0 saturated carbocycles. The van der Waals surface area contributed by atoms with Crippen molar-refractivity contribution in [1.82, 2.24) is 4.98 Å². The van der Waals surface area contributed by atoms with Crippen LogP contribution in [0.1, 0.15) is 5.56 Å². The average Bonchev–Trinajstić information content (AvgIpc) is 2.91. The van der Waals surface area contributed by atoms with E-state index in [2.05, 4.69) is 4.98 Å². The molecule has 0 saturated heterocycles. The van der Waals surface area contributed by atoms with Gasteiger partial charge in [0, 0.05) is 24.8 Å². The Labute approximate surface area is 122 Å². The van der Waals surface area contributed by atoms with Crippen LogP contribution in [0, 0.1) is 0 Å². The fourth-order valence-corrected chi connectivity index (χ4v) is 2.23. The highest BCUT2D eigenvalue weighted by molar-refractivity contribution is 5.78. The summed E-state index contributed by atoms with van der Waals surface area (Å²) in [6.07, 6.45) is 0. The summed E-state index contributed by atoms with van der Waals surface area (Å²) in [6, 6.07) is 15.9. The highest BCUT2D eigenvalue weighted by Gasteiger charge is 2.14. The third kappa shape index (κ3) is 2.98. The second-order valence-corrected chi connectivity index (χ2v) is 4.85. The Morgan fingerprint density at radius 3 is 2.71 bits per heavy atom. The first-order valence-electron chi connectivity index (χ1n) is 6.82. The Morgan fingerprint density at radius 1 is 1.14 bits per heavy atom. The van der Waals surface area contributed by atoms with Gasteiger partial charge >= 0.3 is 0 Å². The zero-order valence-electron chi connectivity index (χ0n) is 11.6. The van der Waals surface area contributed by atoms with Gasteiger partial charge in [-0.15, -0.1) is 0 Å². The second-order valence-electron chi connectivity index (χ2n) is 4.85. The smallest absolute Gasteiger partial charge is 0.298 e. The number of nitrogen functional groups attached to an aromatic ring is 1. The summed E-state index contributed by atoms with van der Waals surface area (Å²) in [4.78, 5) is 6.37. The Kier molecular flexibility index (Phi) is 3.75. The Bertz CT molecular complexity index is 725. The third-order valence-corrected chi connectivity index (χ3v) is 3.26. The first-order valence-corrected chi connectivity index (χ1v) is 6.82. The number of nitrogens with zero attached hydrogens (tertiary/aromatic N) is 2. The lowest BCUT2D eigenvalue weighted by Crippen LogP contribution is -2.26. The minimum Gasteiger partial charge on any atom is -0.423 e. The molecule has 108 valence electrons. The van der Waals surface area contributed by atoms with Crippen LogP contribution in [-0.4, -0.2) is 23.2 Å². The molecular formula is C16H17N3O2. The maximum atomic E-state index is 9.26. The molecule has 3 rings (SSSR count). The number of oxazole rings is 1. The topological polar surface area (TPSA) is 75.5 Å². The lowest BCUT2D eigenvalue weighted by Gasteiger charge is -2.19. The van der Waals surface area contributed by atoms with Gasteiger partial charge < -0.3 is 20.2 Å². The van der Waals surface area contributed by atoms with Crippen LogP contribution in [0.5, 0.6) is 0 Å². The fraction of sp³-hybridized carbons (Fsp3) is 0.188. The van der Waals surface area contributed by atoms with Gasteiger partial charge in [0.05, 0.1) is 6.61 Å². The second kappa shape index (κ2) is 5.85. The molecule has 0 radical (unpaired) electrons. The molecule has 3 aromatic rings. The van der Waals surface area contributed by atoms with Crippen LogP contribution in [0.3, 0.4) is 0 Å². The van der Waals surface area contributed by atoms with Crippen molar-refractivity contribution in [1.29, 1.82) is 0 Å². The molecular weight excluding hydrogens is 266 g/mol. The number of anilines is 2. The van der Waals surface area contributed by atoms with Crippen molar-refractivity contribution in [2.24, 2.45) is 0 Å². The molecule has 1 heterocycles. The van der Waals surface area contributed by atoms with Gasteiger partial charge in [0.2, 0.25) is 0 Å². The quantitative estimate of drug-likeness (QED) is 0.703. The van der Waals surface area contributed by atoms with E-state index in [-0.39, 0.29) is 6.61 Å². The minimum absolute atomic E-state index is 0.0354. The first-order chi connectivity index (χ1) is 10.3. The molecule has 0 aliphatic rings. The SMILES string of the molecule is Nc1ccc2nc(N(CCO)Cc3ccccc3)oc2c1. The van der Waals surface area contributed by atoms with Gasteiger partial charge in [-0.3, -0.25) is 0 Å². The lowest BCUT2D eigenvalue weighted by molar-refractivity contribution is 0.298. The van der Waals surface area contributed by atoms with Crippen LogP contribution in [0.25, 0.3) is 11.1 Å². The number of aliphatic hydroxyl groups excluding tert-OH is 1. The predicted octanol–water partition coefficient (Wildman–Crippen LogP) is 2.41. The Morgan fingerprint density at radius 2 is 1.95 bits per heavy atom. The number of hydrogen-bond acceptors (Lipinski definition) is 5. The molecule has 0 aliphatic heterocycles. The number of aromatic nitrogens is 1. The lowest BCUT2D eigenvalue weighted by atomic mass is 10.2. The van der Waals surface area contributed by atoms with Gasteiger partial charge in [0.15, 0.2) is 5.58 Å². The van der Waals surface area contributed by atoms with E-state index < -0.39 is 0 Å². The van der Waals surface area contributed by atoms with Gasteiger partial charge in [0.25, 0.3) is 6.01 Å². The normalized spacial score (nSPS) is 10.9. The number of benzene rings is 2. The van der Waals surface area contributed by atoms with Crippen LogP contribution >= 0.6 is 0 Å². The van der Waals surface area contributed by atoms with E-state index >= 15 is 0 Å². The van der Waals surface area contributed by atoms with E-state index in [1.807, 2.05) is 41.3 Å². The number of hydrogen-bond donors (Lipinski definition) is 2. The molecule has 3 N–H and O–H groups in total. The third-order valence-electron chi connectivity index (χ3n) is 3.26. The number of fused-ring (bicyclic) bond motifs is 1. The molecule has 21 heavy (non-hydrogen) atoms. The predicted molar refractivity (Wildman–Crippen MR) is 83.0 cm³/mol. The monoisotopic (exact) mass is 283 g/mol. The summed E-state index contributed by atoms with van der Waals surface area (Å²) in [5.41, 5.74) is 8.94. The van der Waals surface area contributed by atoms with E-state index in [1.165, 1.54) is 0 Å². The van der Waals surface area contributed by atoms with E-state index in [0.29, 0.717) is 30.4 Å². The molecule has 0 spiro atoms. The molecule has 0 aliphatic carbocycles. The Hall–Kier alpha value is -2.53. The van der Waals surface area contributed by atoms with Crippen molar-refractivity contribution in [3.63, 3.8) is 0 Å². The van der Waals surface area contributed by atoms with Crippen molar-refractivity contribution >= 4 is 22.8 Å². The largest absolute Gasteiger partial charge is 0.423 e. The van der Waals surface area contributed by atoms with Gasteiger partial charge in [0.1, 0.15) is 5.52 Å². The van der Waals surface area contributed by atoms with Crippen LogP contribution in [-0.2, 0) is 6.54 Å². The summed E-state index contributed by atoms with van der Waals surface area (Å²) < 4.78 is 5.76. The van der Waals surface area contributed by atoms with E-state index in [0.717, 1.165) is 11.1 Å². The first kappa shape index (κ1) is 13.5. The maximum absolute atomic E-state index is 9.26. The highest BCUT2D eigenvalue weighted by Crippen LogP contribution is 2.24. The van der Waals surface area contributed by atoms with Gasteiger partial charge in [-0.05, 0) is 17.7 Å². The summed E-state index contributed by atoms with van der Waals surface area (Å²) in [5, 5.41) is 9.26.